The molecular weight excluding hydrogens is 212 g/mol. The molecule has 0 radical (unpaired) electrons. The molecule has 0 amide bonds. The Morgan fingerprint density at radius 1 is 1.57 bits per heavy atom. The van der Waals surface area contributed by atoms with Gasteiger partial charge in [-0.05, 0) is 0 Å². The van der Waals surface area contributed by atoms with Crippen molar-refractivity contribution >= 4 is 16.2 Å². The highest BCUT2D eigenvalue weighted by molar-refractivity contribution is 7.87. The summed E-state index contributed by atoms with van der Waals surface area (Å²) in [5.74, 6) is -1.21. The maximum atomic E-state index is 11.1. The maximum Gasteiger partial charge on any atom is 0.334 e. The van der Waals surface area contributed by atoms with Crippen molar-refractivity contribution in [3.63, 3.8) is 0 Å². The van der Waals surface area contributed by atoms with Gasteiger partial charge >= 0.3 is 5.97 Å². The molecule has 7 nitrogen and oxygen atoms in total. The zero-order chi connectivity index (χ0) is 11.4. The highest BCUT2D eigenvalue weighted by Gasteiger charge is 2.20. The zero-order valence-corrected chi connectivity index (χ0v) is 9.04. The van der Waals surface area contributed by atoms with E-state index in [1.165, 1.54) is 21.2 Å². The fourth-order valence-electron chi connectivity index (χ4n) is 0.582. The van der Waals surface area contributed by atoms with Crippen molar-refractivity contribution in [1.29, 1.82) is 0 Å². The van der Waals surface area contributed by atoms with Crippen LogP contribution in [0.5, 0.6) is 0 Å². The van der Waals surface area contributed by atoms with Gasteiger partial charge in [-0.1, -0.05) is 0 Å². The van der Waals surface area contributed by atoms with Crippen LogP contribution in [0.4, 0.5) is 0 Å². The third-order valence-electron chi connectivity index (χ3n) is 1.49. The Hall–Kier alpha value is -0.700. The van der Waals surface area contributed by atoms with Crippen LogP contribution in [0.15, 0.2) is 0 Å². The molecule has 1 atom stereocenters. The number of carboxylic acids is 1. The Morgan fingerprint density at radius 3 is 2.36 bits per heavy atom. The minimum Gasteiger partial charge on any atom is -0.479 e. The summed E-state index contributed by atoms with van der Waals surface area (Å²) in [4.78, 5) is 10.4. The second-order valence-electron chi connectivity index (χ2n) is 2.70. The van der Waals surface area contributed by atoms with Crippen LogP contribution in [0.25, 0.3) is 0 Å². The Kier molecular flexibility index (Phi) is 4.99. The molecule has 0 spiro atoms. The summed E-state index contributed by atoms with van der Waals surface area (Å²) in [7, 11) is 0.277. The number of carboxylic acid groups (broad SMARTS) is 1. The first kappa shape index (κ1) is 13.3. The van der Waals surface area contributed by atoms with E-state index in [1.54, 1.807) is 0 Å². The van der Waals surface area contributed by atoms with E-state index >= 15 is 0 Å². The van der Waals surface area contributed by atoms with Crippen LogP contribution >= 0.6 is 0 Å². The molecule has 0 saturated heterocycles. The molecule has 0 rings (SSSR count). The monoisotopic (exact) mass is 226 g/mol. The number of hydrogen-bond donors (Lipinski definition) is 2. The van der Waals surface area contributed by atoms with Gasteiger partial charge in [0.15, 0.2) is 6.10 Å². The third kappa shape index (κ3) is 4.01. The van der Waals surface area contributed by atoms with Crippen molar-refractivity contribution in [1.82, 2.24) is 9.03 Å². The topological polar surface area (TPSA) is 95.9 Å². The lowest BCUT2D eigenvalue weighted by Gasteiger charge is -2.15. The molecule has 1 unspecified atom stereocenters. The standard InChI is InChI=1S/C6H14N2O5S/c1-8(2)14(11,12)7-4-5(13-3)6(9)10/h5,7H,4H2,1-3H3,(H,9,10). The lowest BCUT2D eigenvalue weighted by Crippen LogP contribution is -2.42. The van der Waals surface area contributed by atoms with Gasteiger partial charge < -0.3 is 9.84 Å². The molecule has 84 valence electrons. The molecular formula is C6H14N2O5S. The molecule has 8 heteroatoms. The van der Waals surface area contributed by atoms with Gasteiger partial charge in [-0.3, -0.25) is 0 Å². The van der Waals surface area contributed by atoms with E-state index in [1.807, 2.05) is 0 Å². The van der Waals surface area contributed by atoms with E-state index in [9.17, 15) is 13.2 Å². The normalized spacial score (nSPS) is 14.3. The summed E-state index contributed by atoms with van der Waals surface area (Å²) < 4.78 is 29.9. The van der Waals surface area contributed by atoms with Gasteiger partial charge in [-0.2, -0.15) is 17.4 Å². The van der Waals surface area contributed by atoms with Gasteiger partial charge in [0.05, 0.1) is 0 Å². The third-order valence-corrected chi connectivity index (χ3v) is 2.98. The van der Waals surface area contributed by atoms with Crippen molar-refractivity contribution in [3.8, 4) is 0 Å². The highest BCUT2D eigenvalue weighted by Crippen LogP contribution is 1.92. The number of carbonyl (C=O) groups is 1. The number of ether oxygens (including phenoxy) is 1. The molecule has 14 heavy (non-hydrogen) atoms. The minimum absolute atomic E-state index is 0.299. The van der Waals surface area contributed by atoms with Crippen LogP contribution in [-0.4, -0.2) is 57.7 Å². The van der Waals surface area contributed by atoms with Crippen molar-refractivity contribution < 1.29 is 23.1 Å². The van der Waals surface area contributed by atoms with Gasteiger partial charge in [-0.15, -0.1) is 0 Å². The predicted octanol–water partition coefficient (Wildman–Crippen LogP) is -1.52. The lowest BCUT2D eigenvalue weighted by molar-refractivity contribution is -0.147. The average Bonchev–Trinajstić information content (AvgIpc) is 2.04. The summed E-state index contributed by atoms with van der Waals surface area (Å²) >= 11 is 0. The van der Waals surface area contributed by atoms with E-state index in [2.05, 4.69) is 9.46 Å². The Morgan fingerprint density at radius 2 is 2.07 bits per heavy atom. The molecule has 0 aliphatic carbocycles. The largest absolute Gasteiger partial charge is 0.479 e. The van der Waals surface area contributed by atoms with E-state index < -0.39 is 22.3 Å². The van der Waals surface area contributed by atoms with E-state index in [0.29, 0.717) is 0 Å². The van der Waals surface area contributed by atoms with Gasteiger partial charge in [0.25, 0.3) is 10.2 Å². The van der Waals surface area contributed by atoms with Gasteiger partial charge in [0, 0.05) is 27.7 Å². The SMILES string of the molecule is COC(CNS(=O)(=O)N(C)C)C(=O)O. The van der Waals surface area contributed by atoms with Gasteiger partial charge in [-0.25, -0.2) is 4.79 Å². The molecule has 0 heterocycles. The molecule has 0 aromatic rings. The van der Waals surface area contributed by atoms with E-state index in [4.69, 9.17) is 5.11 Å². The van der Waals surface area contributed by atoms with Crippen molar-refractivity contribution in [3.05, 3.63) is 0 Å². The van der Waals surface area contributed by atoms with Crippen molar-refractivity contribution in [2.45, 2.75) is 6.10 Å². The molecule has 0 fully saturated rings. The fourth-order valence-corrected chi connectivity index (χ4v) is 1.20. The number of nitrogens with one attached hydrogen (secondary N) is 1. The maximum absolute atomic E-state index is 11.1. The first-order valence-corrected chi connectivity index (χ1v) is 5.18. The smallest absolute Gasteiger partial charge is 0.334 e. The molecule has 0 aromatic heterocycles. The molecule has 0 aliphatic heterocycles. The number of hydrogen-bond acceptors (Lipinski definition) is 4. The second-order valence-corrected chi connectivity index (χ2v) is 4.67. The summed E-state index contributed by atoms with van der Waals surface area (Å²) in [5, 5.41) is 8.54. The molecule has 0 aliphatic rings. The van der Waals surface area contributed by atoms with Crippen LogP contribution < -0.4 is 4.72 Å². The van der Waals surface area contributed by atoms with Crippen molar-refractivity contribution in [2.75, 3.05) is 27.7 Å². The summed E-state index contributed by atoms with van der Waals surface area (Å²) in [6.45, 7) is -0.299. The van der Waals surface area contributed by atoms with Crippen LogP contribution in [-0.2, 0) is 19.7 Å². The number of aliphatic carboxylic acids is 1. The van der Waals surface area contributed by atoms with Gasteiger partial charge in [0.2, 0.25) is 0 Å². The van der Waals surface area contributed by atoms with Crippen LogP contribution in [0, 0.1) is 0 Å². The Balaban J connectivity index is 4.24. The quantitative estimate of drug-likeness (QED) is 0.573. The highest BCUT2D eigenvalue weighted by atomic mass is 32.2. The van der Waals surface area contributed by atoms with Crippen molar-refractivity contribution in [2.24, 2.45) is 0 Å². The van der Waals surface area contributed by atoms with Gasteiger partial charge in [0.1, 0.15) is 0 Å². The predicted molar refractivity (Wildman–Crippen MR) is 49.0 cm³/mol. The Bertz CT molecular complexity index is 287. The fraction of sp³-hybridized carbons (Fsp3) is 0.833. The van der Waals surface area contributed by atoms with E-state index in [-0.39, 0.29) is 6.54 Å². The molecule has 0 saturated carbocycles. The summed E-state index contributed by atoms with van der Waals surface area (Å²) in [6, 6.07) is 0. The first-order chi connectivity index (χ1) is 6.31. The number of rotatable bonds is 6. The molecule has 2 N–H and O–H groups in total. The summed E-state index contributed by atoms with van der Waals surface area (Å²) in [6.07, 6.45) is -1.18. The van der Waals surface area contributed by atoms with Crippen LogP contribution in [0.3, 0.4) is 0 Å². The molecule has 0 aromatic carbocycles. The number of nitrogens with zero attached hydrogens (tertiary/aromatic N) is 1. The lowest BCUT2D eigenvalue weighted by atomic mass is 10.4. The van der Waals surface area contributed by atoms with Crippen LogP contribution in [0.2, 0.25) is 0 Å². The Labute approximate surface area is 82.8 Å². The number of methoxy groups -OCH3 is 1. The zero-order valence-electron chi connectivity index (χ0n) is 8.22. The average molecular weight is 226 g/mol. The second kappa shape index (κ2) is 5.25. The molecule has 0 bridgehead atoms. The minimum atomic E-state index is -3.60. The first-order valence-electron chi connectivity index (χ1n) is 3.74. The summed E-state index contributed by atoms with van der Waals surface area (Å²) in [5.41, 5.74) is 0. The van der Waals surface area contributed by atoms with Crippen LogP contribution in [0.1, 0.15) is 0 Å². The van der Waals surface area contributed by atoms with E-state index in [0.717, 1.165) is 4.31 Å².